The molecule has 22 heteroatoms. The van der Waals surface area contributed by atoms with Crippen molar-refractivity contribution in [1.82, 2.24) is 44.4 Å². The number of nitrogens with two attached hydrogens (primary N) is 2. The summed E-state index contributed by atoms with van der Waals surface area (Å²) in [6.07, 6.45) is 0.228. The van der Waals surface area contributed by atoms with Crippen LogP contribution in [0.5, 0.6) is 0 Å². The number of rotatable bonds is 10. The van der Waals surface area contributed by atoms with E-state index in [-0.39, 0.29) is 74.4 Å². The Morgan fingerprint density at radius 1 is 1.20 bits per heavy atom. The Balaban J connectivity index is 1.03. The number of aliphatic carboxylic acids is 1. The zero-order valence-electron chi connectivity index (χ0n) is 26.5. The molecule has 5 atom stereocenters. The highest BCUT2D eigenvalue weighted by atomic mass is 32.2. The topological polar surface area (TPSA) is 311 Å². The first-order valence-corrected chi connectivity index (χ1v) is 17.0. The summed E-state index contributed by atoms with van der Waals surface area (Å²) >= 11 is 0. The number of amides is 1. The molecule has 264 valence electrons. The smallest absolute Gasteiger partial charge is 0.320 e. The highest BCUT2D eigenvalue weighted by Crippen LogP contribution is 2.32. The quantitative estimate of drug-likeness (QED) is 0.110. The normalized spacial score (nSPS) is 25.4. The maximum Gasteiger partial charge on any atom is 0.320 e. The van der Waals surface area contributed by atoms with Gasteiger partial charge in [-0.05, 0) is 26.7 Å². The molecule has 2 fully saturated rings. The number of likely N-dealkylation sites (tertiary alicyclic amines) is 1. The van der Waals surface area contributed by atoms with Crippen molar-refractivity contribution in [3.05, 3.63) is 23.0 Å². The van der Waals surface area contributed by atoms with E-state index in [0.29, 0.717) is 11.2 Å². The average Bonchev–Trinajstić information content (AvgIpc) is 3.62. The van der Waals surface area contributed by atoms with Crippen molar-refractivity contribution >= 4 is 62.0 Å². The Labute approximate surface area is 278 Å². The van der Waals surface area contributed by atoms with Crippen LogP contribution in [0.25, 0.3) is 11.2 Å². The molecule has 2 saturated heterocycles. The van der Waals surface area contributed by atoms with E-state index in [1.54, 1.807) is 18.7 Å². The van der Waals surface area contributed by atoms with Crippen LogP contribution in [0.4, 0.5) is 23.3 Å². The van der Waals surface area contributed by atoms with E-state index in [0.717, 1.165) is 0 Å². The fourth-order valence-corrected chi connectivity index (χ4v) is 7.80. The van der Waals surface area contributed by atoms with Gasteiger partial charge in [0.1, 0.15) is 29.7 Å². The van der Waals surface area contributed by atoms with E-state index in [1.807, 2.05) is 0 Å². The monoisotopic (exact) mass is 703 g/mol. The number of aliphatic hydroxyl groups excluding tert-OH is 1. The maximum absolute atomic E-state index is 13.3. The number of aliphatic imine (C=N–C) groups is 1. The molecule has 0 aromatic carbocycles. The Hall–Kier alpha value is -4.77. The second kappa shape index (κ2) is 12.9. The number of ether oxygens (including phenoxy) is 1. The van der Waals surface area contributed by atoms with Crippen molar-refractivity contribution in [2.24, 2.45) is 4.99 Å². The minimum Gasteiger partial charge on any atom is -0.480 e. The molecular formula is C27H37N13O8S. The molecule has 49 heavy (non-hydrogen) atoms. The van der Waals surface area contributed by atoms with E-state index < -0.39 is 62.7 Å². The molecule has 6 rings (SSSR count). The third kappa shape index (κ3) is 6.76. The number of carbonyl (C=O) groups excluding carboxylic acids is 1. The Bertz CT molecular complexity index is 1980. The summed E-state index contributed by atoms with van der Waals surface area (Å²) in [5, 5.41) is 25.3. The number of carbonyl (C=O) groups is 2. The number of hydrogen-bond donors (Lipinski definition) is 8. The van der Waals surface area contributed by atoms with Crippen molar-refractivity contribution in [1.29, 1.82) is 0 Å². The second-order valence-electron chi connectivity index (χ2n) is 12.6. The van der Waals surface area contributed by atoms with E-state index in [2.05, 4.69) is 45.3 Å². The lowest BCUT2D eigenvalue weighted by atomic mass is 9.95. The van der Waals surface area contributed by atoms with Gasteiger partial charge in [0.15, 0.2) is 29.2 Å². The van der Waals surface area contributed by atoms with Crippen LogP contribution in [-0.2, 0) is 24.3 Å². The third-order valence-corrected chi connectivity index (χ3v) is 10.7. The molecule has 0 aliphatic carbocycles. The van der Waals surface area contributed by atoms with Gasteiger partial charge in [0, 0.05) is 32.6 Å². The van der Waals surface area contributed by atoms with Gasteiger partial charge in [-0.25, -0.2) is 33.1 Å². The molecule has 21 nitrogen and oxygen atoms in total. The zero-order chi connectivity index (χ0) is 35.2. The van der Waals surface area contributed by atoms with Gasteiger partial charge in [-0.3, -0.25) is 28.8 Å². The Morgan fingerprint density at radius 2 is 1.98 bits per heavy atom. The number of aromatic nitrogens is 6. The zero-order valence-corrected chi connectivity index (χ0v) is 27.3. The van der Waals surface area contributed by atoms with Crippen LogP contribution in [0.15, 0.2) is 22.4 Å². The number of piperidine rings is 1. The molecule has 3 aromatic rings. The molecule has 0 spiro atoms. The molecular weight excluding hydrogens is 666 g/mol. The number of nitrogens with zero attached hydrogens (tertiary/aromatic N) is 7. The van der Waals surface area contributed by atoms with Crippen LogP contribution in [0.3, 0.4) is 0 Å². The molecule has 3 unspecified atom stereocenters. The molecule has 3 aromatic heterocycles. The number of hydrogen-bond acceptors (Lipinski definition) is 16. The standard InChI is InChI=1S/C27H37N13O8S/c1-27(2)18(35-17-20(38-27)36-26(29)37-22(17)42)23(43)30-4-6-39-5-3-13(8-14(39)25(44)45)49(46,47)34-9-12-7-15(41)24(48-12)40-11-33-16-19(28)31-10-32-21(16)40/h10-15,24,34,41H,3-9H2,1-2H3,(H,30,43)(H,44,45)(H2,28,31,32)(H4,29,36,37,38,42)/t12-,13?,14?,15?,24+/m0/s1. The van der Waals surface area contributed by atoms with E-state index in [1.165, 1.54) is 17.2 Å². The number of nitrogens with one attached hydrogen (secondary N) is 4. The number of carboxylic acid groups (broad SMARTS) is 1. The minimum absolute atomic E-state index is 0.0184. The van der Waals surface area contributed by atoms with Gasteiger partial charge < -0.3 is 37.1 Å². The van der Waals surface area contributed by atoms with Crippen molar-refractivity contribution < 1.29 is 33.0 Å². The second-order valence-corrected chi connectivity index (χ2v) is 14.6. The number of H-pyrrole nitrogens is 1. The van der Waals surface area contributed by atoms with Gasteiger partial charge in [0.25, 0.3) is 11.5 Å². The molecule has 6 heterocycles. The molecule has 3 aliphatic heterocycles. The predicted molar refractivity (Wildman–Crippen MR) is 174 cm³/mol. The van der Waals surface area contributed by atoms with E-state index >= 15 is 0 Å². The van der Waals surface area contributed by atoms with Gasteiger partial charge in [-0.15, -0.1) is 0 Å². The highest BCUT2D eigenvalue weighted by molar-refractivity contribution is 7.90. The summed E-state index contributed by atoms with van der Waals surface area (Å²) in [4.78, 5) is 62.0. The van der Waals surface area contributed by atoms with Crippen molar-refractivity contribution in [3.63, 3.8) is 0 Å². The number of carboxylic acids is 1. The van der Waals surface area contributed by atoms with Gasteiger partial charge in [-0.1, -0.05) is 0 Å². The summed E-state index contributed by atoms with van der Waals surface area (Å²) in [6, 6.07) is -1.13. The first-order chi connectivity index (χ1) is 23.1. The van der Waals surface area contributed by atoms with Crippen molar-refractivity contribution in [2.45, 2.75) is 68.4 Å². The van der Waals surface area contributed by atoms with Gasteiger partial charge in [0.2, 0.25) is 16.0 Å². The summed E-state index contributed by atoms with van der Waals surface area (Å²) in [6.45, 7) is 3.51. The van der Waals surface area contributed by atoms with Gasteiger partial charge >= 0.3 is 5.97 Å². The van der Waals surface area contributed by atoms with Crippen LogP contribution >= 0.6 is 0 Å². The van der Waals surface area contributed by atoms with Gasteiger partial charge in [0.05, 0.1) is 23.2 Å². The summed E-state index contributed by atoms with van der Waals surface area (Å²) in [5.74, 6) is -1.57. The molecule has 1 amide bonds. The molecule has 0 radical (unpaired) electrons. The van der Waals surface area contributed by atoms with Crippen LogP contribution < -0.4 is 32.4 Å². The lowest BCUT2D eigenvalue weighted by molar-refractivity contribution is -0.144. The Morgan fingerprint density at radius 3 is 2.73 bits per heavy atom. The van der Waals surface area contributed by atoms with Gasteiger partial charge in [-0.2, -0.15) is 4.98 Å². The number of anilines is 3. The third-order valence-electron chi connectivity index (χ3n) is 8.79. The SMILES string of the molecule is CC1(C)Nc2nc(N)[nH]c(=O)c2N=C1C(=O)NCCN1CCC(S(=O)(=O)NC[C@@H]2CC(O)[C@H](n3cnc4c(N)ncnc43)O2)CC1C(=O)O. The molecule has 0 saturated carbocycles. The minimum atomic E-state index is -3.97. The first-order valence-electron chi connectivity index (χ1n) is 15.4. The lowest BCUT2D eigenvalue weighted by Crippen LogP contribution is -2.55. The number of sulfonamides is 1. The molecule has 3 aliphatic rings. The van der Waals surface area contributed by atoms with Crippen LogP contribution in [0.2, 0.25) is 0 Å². The maximum atomic E-state index is 13.3. The fourth-order valence-electron chi connectivity index (χ4n) is 6.30. The largest absolute Gasteiger partial charge is 0.480 e. The van der Waals surface area contributed by atoms with Crippen LogP contribution in [0.1, 0.15) is 39.3 Å². The van der Waals surface area contributed by atoms with Crippen molar-refractivity contribution in [3.8, 4) is 0 Å². The number of fused-ring (bicyclic) bond motifs is 2. The molecule has 10 N–H and O–H groups in total. The average molecular weight is 704 g/mol. The lowest BCUT2D eigenvalue weighted by Gasteiger charge is -2.37. The van der Waals surface area contributed by atoms with Crippen molar-refractivity contribution in [2.75, 3.05) is 43.0 Å². The van der Waals surface area contributed by atoms with Crippen LogP contribution in [0, 0.1) is 0 Å². The fraction of sp³-hybridized carbons (Fsp3) is 0.556. The van der Waals surface area contributed by atoms with E-state index in [4.69, 9.17) is 16.2 Å². The number of nitrogen functional groups attached to an aromatic ring is 2. The number of aromatic amines is 1. The predicted octanol–water partition coefficient (Wildman–Crippen LogP) is -2.35. The van der Waals surface area contributed by atoms with Crippen LogP contribution in [-0.4, -0.2) is 126 Å². The summed E-state index contributed by atoms with van der Waals surface area (Å²) in [5.41, 5.74) is 10.5. The summed E-state index contributed by atoms with van der Waals surface area (Å²) in [7, 11) is -3.97. The first kappa shape index (κ1) is 34.1. The number of imidazole rings is 1. The summed E-state index contributed by atoms with van der Waals surface area (Å²) < 4.78 is 36.6. The molecule has 0 bridgehead atoms. The van der Waals surface area contributed by atoms with E-state index in [9.17, 15) is 33.0 Å². The number of aliphatic hydroxyl groups is 1. The highest BCUT2D eigenvalue weighted by Gasteiger charge is 2.42. The Kier molecular flexibility index (Phi) is 9.00.